The van der Waals surface area contributed by atoms with Crippen molar-refractivity contribution in [1.29, 1.82) is 0 Å². The number of unbranched alkanes of at least 4 members (excludes halogenated alkanes) is 4. The van der Waals surface area contributed by atoms with Crippen LogP contribution in [0.15, 0.2) is 36.4 Å². The minimum absolute atomic E-state index is 0.132. The van der Waals surface area contributed by atoms with Crippen molar-refractivity contribution in [2.75, 3.05) is 18.6 Å². The molecule has 4 heteroatoms. The number of hydrogen-bond donors (Lipinski definition) is 1. The van der Waals surface area contributed by atoms with Crippen LogP contribution in [0.1, 0.15) is 70.3 Å². The number of ether oxygens (including phenoxy) is 1. The Morgan fingerprint density at radius 3 is 2.68 bits per heavy atom. The summed E-state index contributed by atoms with van der Waals surface area (Å²) in [5, 5.41) is 10.4. The number of allylic oxidation sites excluding steroid dienone is 1. The number of aryl methyl sites for hydroxylation is 1. The van der Waals surface area contributed by atoms with E-state index in [-0.39, 0.29) is 18.1 Å². The van der Waals surface area contributed by atoms with Gasteiger partial charge in [0.25, 0.3) is 0 Å². The van der Waals surface area contributed by atoms with Gasteiger partial charge < -0.3 is 14.7 Å². The van der Waals surface area contributed by atoms with Gasteiger partial charge in [-0.25, -0.2) is 0 Å². The molecule has 1 aromatic rings. The van der Waals surface area contributed by atoms with Crippen LogP contribution in [0.25, 0.3) is 0 Å². The molecular weight excluding hydrogens is 350 g/mol. The SMILES string of the molecule is CCCCCCc1ccc(N2CC[C@H](O)[C@@H]2C/C=C\CCCC(=O)OC)cc1. The maximum Gasteiger partial charge on any atom is 0.305 e. The van der Waals surface area contributed by atoms with E-state index in [2.05, 4.69) is 53.0 Å². The minimum Gasteiger partial charge on any atom is -0.469 e. The fraction of sp³-hybridized carbons (Fsp3) is 0.625. The zero-order valence-electron chi connectivity index (χ0n) is 17.6. The molecule has 1 fully saturated rings. The van der Waals surface area contributed by atoms with E-state index >= 15 is 0 Å². The maximum atomic E-state index is 11.1. The number of anilines is 1. The molecule has 0 aliphatic carbocycles. The lowest BCUT2D eigenvalue weighted by Gasteiger charge is -2.27. The van der Waals surface area contributed by atoms with Gasteiger partial charge in [0.2, 0.25) is 0 Å². The topological polar surface area (TPSA) is 49.8 Å². The summed E-state index contributed by atoms with van der Waals surface area (Å²) in [6.07, 6.45) is 14.1. The summed E-state index contributed by atoms with van der Waals surface area (Å²) < 4.78 is 4.65. The van der Waals surface area contributed by atoms with Gasteiger partial charge in [-0.15, -0.1) is 0 Å². The quantitative estimate of drug-likeness (QED) is 0.310. The zero-order chi connectivity index (χ0) is 20.2. The van der Waals surface area contributed by atoms with Crippen LogP contribution in [0.4, 0.5) is 5.69 Å². The van der Waals surface area contributed by atoms with Gasteiger partial charge in [0.05, 0.1) is 19.3 Å². The molecule has 2 rings (SSSR count). The van der Waals surface area contributed by atoms with E-state index in [9.17, 15) is 9.90 Å². The molecule has 28 heavy (non-hydrogen) atoms. The number of benzene rings is 1. The Bertz CT molecular complexity index is 596. The second-order valence-corrected chi connectivity index (χ2v) is 7.77. The second-order valence-electron chi connectivity index (χ2n) is 7.77. The summed E-state index contributed by atoms with van der Waals surface area (Å²) in [6.45, 7) is 3.14. The largest absolute Gasteiger partial charge is 0.469 e. The van der Waals surface area contributed by atoms with Crippen molar-refractivity contribution in [2.45, 2.75) is 83.3 Å². The molecule has 1 N–H and O–H groups in total. The highest BCUT2D eigenvalue weighted by Gasteiger charge is 2.31. The lowest BCUT2D eigenvalue weighted by atomic mass is 10.0. The number of aliphatic hydroxyl groups excluding tert-OH is 1. The standard InChI is InChI=1S/C24H37NO3/c1-3-4-5-8-11-20-14-16-21(17-15-20)25-19-18-23(26)22(25)12-9-6-7-10-13-24(27)28-2/h6,9,14-17,22-23,26H,3-5,7-8,10-13,18-19H2,1-2H3/b9-6-/t22-,23-/m0/s1. The number of carbonyl (C=O) groups is 1. The molecule has 156 valence electrons. The van der Waals surface area contributed by atoms with E-state index in [0.29, 0.717) is 6.42 Å². The number of methoxy groups -OCH3 is 1. The van der Waals surface area contributed by atoms with Crippen LogP contribution in [0.3, 0.4) is 0 Å². The Kier molecular flexibility index (Phi) is 10.1. The summed E-state index contributed by atoms with van der Waals surface area (Å²) in [7, 11) is 1.42. The second kappa shape index (κ2) is 12.6. The van der Waals surface area contributed by atoms with E-state index in [4.69, 9.17) is 0 Å². The summed E-state index contributed by atoms with van der Waals surface area (Å²) in [4.78, 5) is 13.5. The van der Waals surface area contributed by atoms with Crippen molar-refractivity contribution < 1.29 is 14.6 Å². The van der Waals surface area contributed by atoms with Gasteiger partial charge in [0.15, 0.2) is 0 Å². The number of hydrogen-bond acceptors (Lipinski definition) is 4. The first kappa shape index (κ1) is 22.5. The van der Waals surface area contributed by atoms with Crippen molar-refractivity contribution in [2.24, 2.45) is 0 Å². The summed E-state index contributed by atoms with van der Waals surface area (Å²) in [6, 6.07) is 9.03. The Morgan fingerprint density at radius 1 is 1.18 bits per heavy atom. The van der Waals surface area contributed by atoms with Crippen molar-refractivity contribution in [3.05, 3.63) is 42.0 Å². The Balaban J connectivity index is 1.82. The fourth-order valence-electron chi connectivity index (χ4n) is 3.87. The molecule has 0 unspecified atom stereocenters. The van der Waals surface area contributed by atoms with Gasteiger partial charge in [-0.2, -0.15) is 0 Å². The molecule has 2 atom stereocenters. The molecular formula is C24H37NO3. The lowest BCUT2D eigenvalue weighted by molar-refractivity contribution is -0.140. The Hall–Kier alpha value is -1.81. The summed E-state index contributed by atoms with van der Waals surface area (Å²) >= 11 is 0. The van der Waals surface area contributed by atoms with E-state index < -0.39 is 0 Å². The molecule has 0 spiro atoms. The van der Waals surface area contributed by atoms with Crippen LogP contribution >= 0.6 is 0 Å². The molecule has 1 saturated heterocycles. The first-order chi connectivity index (χ1) is 13.7. The minimum atomic E-state index is -0.284. The van der Waals surface area contributed by atoms with Crippen LogP contribution < -0.4 is 4.90 Å². The third-order valence-electron chi connectivity index (χ3n) is 5.62. The van der Waals surface area contributed by atoms with Gasteiger partial charge in [-0.3, -0.25) is 4.79 Å². The molecule has 0 radical (unpaired) electrons. The zero-order valence-corrected chi connectivity index (χ0v) is 17.6. The first-order valence-electron chi connectivity index (χ1n) is 10.9. The third-order valence-corrected chi connectivity index (χ3v) is 5.62. The maximum absolute atomic E-state index is 11.1. The molecule has 1 heterocycles. The molecule has 0 amide bonds. The van der Waals surface area contributed by atoms with Gasteiger partial charge >= 0.3 is 5.97 Å². The first-order valence-corrected chi connectivity index (χ1v) is 10.9. The van der Waals surface area contributed by atoms with Crippen molar-refractivity contribution >= 4 is 11.7 Å². The van der Waals surface area contributed by atoms with Gasteiger partial charge in [-0.05, 0) is 56.2 Å². The third kappa shape index (κ3) is 7.31. The van der Waals surface area contributed by atoms with Crippen LogP contribution in [0.2, 0.25) is 0 Å². The lowest BCUT2D eigenvalue weighted by Crippen LogP contribution is -2.34. The molecule has 1 aliphatic rings. The average Bonchev–Trinajstić information content (AvgIpc) is 3.08. The van der Waals surface area contributed by atoms with Crippen molar-refractivity contribution in [3.8, 4) is 0 Å². The molecule has 0 aromatic heterocycles. The van der Waals surface area contributed by atoms with Gasteiger partial charge in [0, 0.05) is 18.7 Å². The highest BCUT2D eigenvalue weighted by molar-refractivity contribution is 5.69. The number of rotatable bonds is 12. The molecule has 1 aromatic carbocycles. The molecule has 0 saturated carbocycles. The van der Waals surface area contributed by atoms with E-state index in [1.165, 1.54) is 44.0 Å². The predicted molar refractivity (Wildman–Crippen MR) is 116 cm³/mol. The van der Waals surface area contributed by atoms with Crippen molar-refractivity contribution in [3.63, 3.8) is 0 Å². The number of nitrogens with zero attached hydrogens (tertiary/aromatic N) is 1. The summed E-state index contributed by atoms with van der Waals surface area (Å²) in [5.74, 6) is -0.153. The van der Waals surface area contributed by atoms with Crippen LogP contribution in [-0.2, 0) is 16.0 Å². The summed E-state index contributed by atoms with van der Waals surface area (Å²) in [5.41, 5.74) is 2.61. The van der Waals surface area contributed by atoms with Crippen LogP contribution in [-0.4, -0.2) is 36.9 Å². The average molecular weight is 388 g/mol. The van der Waals surface area contributed by atoms with Crippen LogP contribution in [0, 0.1) is 0 Å². The highest BCUT2D eigenvalue weighted by atomic mass is 16.5. The normalized spacial score (nSPS) is 19.5. The Labute approximate surface area is 170 Å². The predicted octanol–water partition coefficient (Wildman–Crippen LogP) is 5.04. The number of aliphatic hydroxyl groups is 1. The Morgan fingerprint density at radius 2 is 1.96 bits per heavy atom. The molecule has 0 bridgehead atoms. The molecule has 1 aliphatic heterocycles. The van der Waals surface area contributed by atoms with Gasteiger partial charge in [0.1, 0.15) is 0 Å². The van der Waals surface area contributed by atoms with Crippen LogP contribution in [0.5, 0.6) is 0 Å². The monoisotopic (exact) mass is 387 g/mol. The van der Waals surface area contributed by atoms with E-state index in [1.807, 2.05) is 0 Å². The number of carbonyl (C=O) groups excluding carboxylic acids is 1. The van der Waals surface area contributed by atoms with E-state index in [0.717, 1.165) is 38.6 Å². The number of esters is 1. The fourth-order valence-corrected chi connectivity index (χ4v) is 3.87. The van der Waals surface area contributed by atoms with Gasteiger partial charge in [-0.1, -0.05) is 50.5 Å². The highest BCUT2D eigenvalue weighted by Crippen LogP contribution is 2.28. The molecule has 4 nitrogen and oxygen atoms in total. The smallest absolute Gasteiger partial charge is 0.305 e. The van der Waals surface area contributed by atoms with Crippen molar-refractivity contribution in [1.82, 2.24) is 0 Å². The van der Waals surface area contributed by atoms with E-state index in [1.54, 1.807) is 0 Å².